The first-order valence-electron chi connectivity index (χ1n) is 5.96. The van der Waals surface area contributed by atoms with Crippen molar-refractivity contribution in [3.05, 3.63) is 35.2 Å². The molecule has 0 aromatic carbocycles. The Bertz CT molecular complexity index is 392. The van der Waals surface area contributed by atoms with Gasteiger partial charge >= 0.3 is 0 Å². The van der Waals surface area contributed by atoms with Crippen molar-refractivity contribution in [1.29, 1.82) is 0 Å². The van der Waals surface area contributed by atoms with Gasteiger partial charge in [0, 0.05) is 10.7 Å². The van der Waals surface area contributed by atoms with Crippen molar-refractivity contribution in [3.63, 3.8) is 0 Å². The van der Waals surface area contributed by atoms with E-state index in [4.69, 9.17) is 7.85 Å². The summed E-state index contributed by atoms with van der Waals surface area (Å²) in [6.45, 7) is 8.40. The molecule has 1 heterocycles. The van der Waals surface area contributed by atoms with Gasteiger partial charge in [-0.2, -0.15) is 0 Å². The zero-order chi connectivity index (χ0) is 13.6. The zero-order valence-corrected chi connectivity index (χ0v) is 11.8. The fourth-order valence-electron chi connectivity index (χ4n) is 1.49. The second-order valence-electron chi connectivity index (χ2n) is 4.39. The van der Waals surface area contributed by atoms with Crippen LogP contribution in [0.5, 0.6) is 0 Å². The van der Waals surface area contributed by atoms with Crippen molar-refractivity contribution >= 4 is 25.5 Å². The van der Waals surface area contributed by atoms with Crippen molar-refractivity contribution in [3.8, 4) is 0 Å². The standard InChI is InChI=1S/C13H19BN2OS/c1-4-5-11(14)7-6-10(2)18-8-13(3)12(17)15-9-16-13/h5-7,16H,2,4,8-9H2,1,3H3,(H,15,17)/b7-6-,11-5+. The summed E-state index contributed by atoms with van der Waals surface area (Å²) in [5, 5.41) is 5.90. The smallest absolute Gasteiger partial charge is 0.241 e. The Morgan fingerprint density at radius 2 is 2.33 bits per heavy atom. The van der Waals surface area contributed by atoms with Crippen LogP contribution in [0.15, 0.2) is 35.2 Å². The zero-order valence-electron chi connectivity index (χ0n) is 11.0. The molecular weight excluding hydrogens is 243 g/mol. The highest BCUT2D eigenvalue weighted by atomic mass is 32.2. The molecule has 1 aliphatic rings. The molecule has 0 spiro atoms. The summed E-state index contributed by atoms with van der Waals surface area (Å²) in [7, 11) is 5.75. The lowest BCUT2D eigenvalue weighted by molar-refractivity contribution is -0.122. The van der Waals surface area contributed by atoms with E-state index in [0.717, 1.165) is 16.8 Å². The predicted octanol–water partition coefficient (Wildman–Crippen LogP) is 1.69. The molecule has 1 rings (SSSR count). The Balaban J connectivity index is 2.42. The van der Waals surface area contributed by atoms with Crippen LogP contribution in [-0.2, 0) is 4.79 Å². The number of hydrogen-bond acceptors (Lipinski definition) is 3. The molecule has 5 heteroatoms. The van der Waals surface area contributed by atoms with E-state index in [1.54, 1.807) is 11.8 Å². The van der Waals surface area contributed by atoms with Crippen LogP contribution in [0, 0.1) is 0 Å². The minimum absolute atomic E-state index is 0.0390. The van der Waals surface area contributed by atoms with Crippen molar-refractivity contribution < 1.29 is 4.79 Å². The highest BCUT2D eigenvalue weighted by Gasteiger charge is 2.36. The van der Waals surface area contributed by atoms with Gasteiger partial charge in [-0.15, -0.1) is 17.2 Å². The highest BCUT2D eigenvalue weighted by Crippen LogP contribution is 2.22. The third-order valence-electron chi connectivity index (χ3n) is 2.68. The summed E-state index contributed by atoms with van der Waals surface area (Å²) in [4.78, 5) is 12.5. The minimum Gasteiger partial charge on any atom is -0.342 e. The maximum atomic E-state index is 11.6. The maximum absolute atomic E-state index is 11.6. The van der Waals surface area contributed by atoms with Crippen LogP contribution in [0.4, 0.5) is 0 Å². The van der Waals surface area contributed by atoms with Crippen LogP contribution in [-0.4, -0.2) is 31.7 Å². The van der Waals surface area contributed by atoms with E-state index in [2.05, 4.69) is 17.2 Å². The number of nitrogens with one attached hydrogen (secondary N) is 2. The van der Waals surface area contributed by atoms with Crippen molar-refractivity contribution in [2.45, 2.75) is 25.8 Å². The fourth-order valence-corrected chi connectivity index (χ4v) is 2.36. The molecule has 3 nitrogen and oxygen atoms in total. The molecule has 2 N–H and O–H groups in total. The summed E-state index contributed by atoms with van der Waals surface area (Å²) < 4.78 is 0. The quantitative estimate of drug-likeness (QED) is 0.565. The third kappa shape index (κ3) is 4.39. The van der Waals surface area contributed by atoms with Crippen LogP contribution in [0.2, 0.25) is 0 Å². The van der Waals surface area contributed by atoms with Gasteiger partial charge in [-0.05, 0) is 19.4 Å². The van der Waals surface area contributed by atoms with Gasteiger partial charge in [0.15, 0.2) is 0 Å². The van der Waals surface area contributed by atoms with Crippen LogP contribution in [0.25, 0.3) is 0 Å². The average molecular weight is 262 g/mol. The van der Waals surface area contributed by atoms with E-state index in [9.17, 15) is 4.79 Å². The van der Waals surface area contributed by atoms with Gasteiger partial charge in [0.2, 0.25) is 5.91 Å². The molecule has 1 atom stereocenters. The van der Waals surface area contributed by atoms with Gasteiger partial charge < -0.3 is 5.32 Å². The number of thioether (sulfide) groups is 1. The van der Waals surface area contributed by atoms with E-state index in [-0.39, 0.29) is 5.91 Å². The topological polar surface area (TPSA) is 41.1 Å². The van der Waals surface area contributed by atoms with Crippen LogP contribution in [0.1, 0.15) is 20.3 Å². The Labute approximate surface area is 115 Å². The van der Waals surface area contributed by atoms with Crippen LogP contribution >= 0.6 is 11.8 Å². The number of carbonyl (C=O) groups excluding carboxylic acids is 1. The largest absolute Gasteiger partial charge is 0.342 e. The van der Waals surface area contributed by atoms with E-state index >= 15 is 0 Å². The number of allylic oxidation sites excluding steroid dienone is 4. The monoisotopic (exact) mass is 262 g/mol. The van der Waals surface area contributed by atoms with E-state index in [0.29, 0.717) is 12.4 Å². The SMILES string of the molecule is [B]C(/C=C\C(=C)SCC1(C)NCNC1=O)=C/CC. The van der Waals surface area contributed by atoms with Crippen LogP contribution in [0.3, 0.4) is 0 Å². The molecular formula is C13H19BN2OS. The maximum Gasteiger partial charge on any atom is 0.241 e. The summed E-state index contributed by atoms with van der Waals surface area (Å²) in [6, 6.07) is 0. The normalized spacial score (nSPS) is 24.6. The molecule has 1 unspecified atom stereocenters. The van der Waals surface area contributed by atoms with Gasteiger partial charge in [0.05, 0.1) is 6.67 Å². The molecule has 0 aromatic rings. The Kier molecular flexibility index (Phi) is 5.76. The highest BCUT2D eigenvalue weighted by molar-refractivity contribution is 8.03. The molecule has 1 aliphatic heterocycles. The molecule has 2 radical (unpaired) electrons. The van der Waals surface area contributed by atoms with Crippen molar-refractivity contribution in [2.24, 2.45) is 0 Å². The number of rotatable bonds is 6. The van der Waals surface area contributed by atoms with E-state index in [1.165, 1.54) is 0 Å². The molecule has 96 valence electrons. The first-order chi connectivity index (χ1) is 8.48. The number of hydrogen-bond donors (Lipinski definition) is 2. The molecule has 0 aromatic heterocycles. The molecule has 18 heavy (non-hydrogen) atoms. The Morgan fingerprint density at radius 1 is 1.61 bits per heavy atom. The predicted molar refractivity (Wildman–Crippen MR) is 79.4 cm³/mol. The lowest BCUT2D eigenvalue weighted by Gasteiger charge is -2.20. The van der Waals surface area contributed by atoms with E-state index in [1.807, 2.05) is 32.1 Å². The molecule has 1 fully saturated rings. The van der Waals surface area contributed by atoms with Gasteiger partial charge in [-0.1, -0.05) is 25.7 Å². The summed E-state index contributed by atoms with van der Waals surface area (Å²) >= 11 is 1.55. The molecule has 0 bridgehead atoms. The fraction of sp³-hybridized carbons (Fsp3) is 0.462. The third-order valence-corrected chi connectivity index (χ3v) is 3.90. The van der Waals surface area contributed by atoms with E-state index < -0.39 is 5.54 Å². The second-order valence-corrected chi connectivity index (χ2v) is 5.49. The number of carbonyl (C=O) groups is 1. The second kappa shape index (κ2) is 6.85. The van der Waals surface area contributed by atoms with Gasteiger partial charge in [-0.3, -0.25) is 10.1 Å². The minimum atomic E-state index is -0.508. The Hall–Kier alpha value is -0.935. The van der Waals surface area contributed by atoms with Crippen LogP contribution < -0.4 is 10.6 Å². The van der Waals surface area contributed by atoms with Gasteiger partial charge in [0.1, 0.15) is 13.4 Å². The molecule has 1 amide bonds. The van der Waals surface area contributed by atoms with Crippen molar-refractivity contribution in [1.82, 2.24) is 10.6 Å². The van der Waals surface area contributed by atoms with Gasteiger partial charge in [-0.25, -0.2) is 0 Å². The molecule has 0 aliphatic carbocycles. The lowest BCUT2D eigenvalue weighted by atomic mass is 9.94. The average Bonchev–Trinajstić information content (AvgIpc) is 2.65. The lowest BCUT2D eigenvalue weighted by Crippen LogP contribution is -2.45. The Morgan fingerprint density at radius 3 is 2.89 bits per heavy atom. The molecule has 1 saturated heterocycles. The summed E-state index contributed by atoms with van der Waals surface area (Å²) in [5.41, 5.74) is 0.230. The number of amides is 1. The summed E-state index contributed by atoms with van der Waals surface area (Å²) in [6.07, 6.45) is 6.57. The first kappa shape index (κ1) is 15.1. The van der Waals surface area contributed by atoms with Gasteiger partial charge in [0.25, 0.3) is 0 Å². The molecule has 0 saturated carbocycles. The van der Waals surface area contributed by atoms with Crippen molar-refractivity contribution in [2.75, 3.05) is 12.4 Å². The first-order valence-corrected chi connectivity index (χ1v) is 6.95. The summed E-state index contributed by atoms with van der Waals surface area (Å²) in [5.74, 6) is 0.691.